The van der Waals surface area contributed by atoms with Gasteiger partial charge in [0.1, 0.15) is 0 Å². The van der Waals surface area contributed by atoms with Crippen LogP contribution in [0.3, 0.4) is 0 Å². The molecule has 82 valence electrons. The highest BCUT2D eigenvalue weighted by molar-refractivity contribution is 5.20. The maximum Gasteiger partial charge on any atom is 0.0568 e. The molecule has 1 N–H and O–H groups in total. The number of aliphatic hydroxyl groups excluding tert-OH is 1. The third-order valence-corrected chi connectivity index (χ3v) is 3.74. The summed E-state index contributed by atoms with van der Waals surface area (Å²) in [6, 6.07) is 10.7. The number of hydrogen-bond donors (Lipinski definition) is 1. The van der Waals surface area contributed by atoms with E-state index in [1.54, 1.807) is 0 Å². The van der Waals surface area contributed by atoms with E-state index in [1.807, 2.05) is 0 Å². The van der Waals surface area contributed by atoms with Crippen LogP contribution in [0.25, 0.3) is 0 Å². The molecule has 0 aliphatic heterocycles. The monoisotopic (exact) mass is 204 g/mol. The molecule has 0 radical (unpaired) electrons. The van der Waals surface area contributed by atoms with E-state index in [1.165, 1.54) is 5.56 Å². The molecular formula is C14H20O. The minimum atomic E-state index is -0.0602. The fraction of sp³-hybridized carbons (Fsp3) is 0.571. The summed E-state index contributed by atoms with van der Waals surface area (Å²) in [6.45, 7) is 2.18. The summed E-state index contributed by atoms with van der Waals surface area (Å²) >= 11 is 0. The molecule has 3 atom stereocenters. The molecule has 1 aromatic carbocycles. The van der Waals surface area contributed by atoms with Crippen LogP contribution in [-0.2, 0) is 0 Å². The fourth-order valence-electron chi connectivity index (χ4n) is 2.71. The van der Waals surface area contributed by atoms with Crippen LogP contribution in [0.2, 0.25) is 0 Å². The zero-order valence-electron chi connectivity index (χ0n) is 9.39. The Morgan fingerprint density at radius 2 is 1.93 bits per heavy atom. The van der Waals surface area contributed by atoms with Gasteiger partial charge >= 0.3 is 0 Å². The van der Waals surface area contributed by atoms with Crippen molar-refractivity contribution in [2.24, 2.45) is 5.92 Å². The van der Waals surface area contributed by atoms with E-state index < -0.39 is 0 Å². The number of rotatable bonds is 2. The Labute approximate surface area is 92.1 Å². The van der Waals surface area contributed by atoms with Gasteiger partial charge < -0.3 is 5.11 Å². The van der Waals surface area contributed by atoms with E-state index >= 15 is 0 Å². The largest absolute Gasteiger partial charge is 0.393 e. The molecule has 0 heterocycles. The standard InChI is InChI=1S/C14H20O/c1-2-11-10-13(8-9-14(11)15)12-6-4-3-5-7-12/h3-7,11,13-15H,2,8-10H2,1H3. The predicted octanol–water partition coefficient (Wildman–Crippen LogP) is 3.34. The quantitative estimate of drug-likeness (QED) is 0.783. The molecule has 1 aliphatic rings. The molecule has 2 rings (SSSR count). The molecule has 0 amide bonds. The zero-order chi connectivity index (χ0) is 10.7. The van der Waals surface area contributed by atoms with Gasteiger partial charge in [-0.2, -0.15) is 0 Å². The summed E-state index contributed by atoms with van der Waals surface area (Å²) < 4.78 is 0. The SMILES string of the molecule is CCC1CC(c2ccccc2)CCC1O. The van der Waals surface area contributed by atoms with Crippen LogP contribution in [0.1, 0.15) is 44.1 Å². The van der Waals surface area contributed by atoms with Gasteiger partial charge in [-0.05, 0) is 36.7 Å². The highest BCUT2D eigenvalue weighted by atomic mass is 16.3. The number of benzene rings is 1. The summed E-state index contributed by atoms with van der Waals surface area (Å²) in [7, 11) is 0. The summed E-state index contributed by atoms with van der Waals surface area (Å²) in [6.07, 6.45) is 4.31. The van der Waals surface area contributed by atoms with Crippen LogP contribution in [0, 0.1) is 5.92 Å². The first-order chi connectivity index (χ1) is 7.31. The molecule has 1 fully saturated rings. The van der Waals surface area contributed by atoms with Crippen LogP contribution in [0.4, 0.5) is 0 Å². The summed E-state index contributed by atoms with van der Waals surface area (Å²) in [5, 5.41) is 9.83. The lowest BCUT2D eigenvalue weighted by Crippen LogP contribution is -2.27. The van der Waals surface area contributed by atoms with Gasteiger partial charge in [0, 0.05) is 0 Å². The van der Waals surface area contributed by atoms with Crippen molar-refractivity contribution in [3.63, 3.8) is 0 Å². The molecule has 1 aliphatic carbocycles. The lowest BCUT2D eigenvalue weighted by Gasteiger charge is -2.33. The minimum absolute atomic E-state index is 0.0602. The Bertz CT molecular complexity index is 293. The van der Waals surface area contributed by atoms with Gasteiger partial charge in [-0.1, -0.05) is 43.7 Å². The van der Waals surface area contributed by atoms with Gasteiger partial charge in [0.2, 0.25) is 0 Å². The molecule has 0 spiro atoms. The highest BCUT2D eigenvalue weighted by Gasteiger charge is 2.28. The third-order valence-electron chi connectivity index (χ3n) is 3.74. The van der Waals surface area contributed by atoms with Crippen molar-refractivity contribution in [3.05, 3.63) is 35.9 Å². The lowest BCUT2D eigenvalue weighted by atomic mass is 9.75. The molecule has 0 saturated heterocycles. The van der Waals surface area contributed by atoms with E-state index in [-0.39, 0.29) is 6.10 Å². The lowest BCUT2D eigenvalue weighted by molar-refractivity contribution is 0.0599. The first-order valence-corrected chi connectivity index (χ1v) is 6.04. The van der Waals surface area contributed by atoms with E-state index in [9.17, 15) is 5.11 Å². The molecular weight excluding hydrogens is 184 g/mol. The minimum Gasteiger partial charge on any atom is -0.393 e. The molecule has 3 unspecified atom stereocenters. The van der Waals surface area contributed by atoms with Crippen molar-refractivity contribution in [1.29, 1.82) is 0 Å². The van der Waals surface area contributed by atoms with Gasteiger partial charge in [-0.15, -0.1) is 0 Å². The Kier molecular flexibility index (Phi) is 3.42. The van der Waals surface area contributed by atoms with E-state index in [0.717, 1.165) is 25.7 Å². The molecule has 1 heteroatoms. The Hall–Kier alpha value is -0.820. The fourth-order valence-corrected chi connectivity index (χ4v) is 2.71. The molecule has 1 nitrogen and oxygen atoms in total. The summed E-state index contributed by atoms with van der Waals surface area (Å²) in [5.41, 5.74) is 1.45. The van der Waals surface area contributed by atoms with E-state index in [0.29, 0.717) is 11.8 Å². The molecule has 0 aromatic heterocycles. The first-order valence-electron chi connectivity index (χ1n) is 6.04. The van der Waals surface area contributed by atoms with Crippen LogP contribution in [0.15, 0.2) is 30.3 Å². The predicted molar refractivity (Wildman–Crippen MR) is 62.8 cm³/mol. The number of aliphatic hydroxyl groups is 1. The maximum absolute atomic E-state index is 9.83. The van der Waals surface area contributed by atoms with Gasteiger partial charge in [0.05, 0.1) is 6.10 Å². The second-order valence-electron chi connectivity index (χ2n) is 4.66. The van der Waals surface area contributed by atoms with E-state index in [2.05, 4.69) is 37.3 Å². The second kappa shape index (κ2) is 4.80. The Morgan fingerprint density at radius 1 is 1.20 bits per heavy atom. The van der Waals surface area contributed by atoms with Crippen molar-refractivity contribution >= 4 is 0 Å². The maximum atomic E-state index is 9.83. The zero-order valence-corrected chi connectivity index (χ0v) is 9.39. The van der Waals surface area contributed by atoms with Crippen LogP contribution in [-0.4, -0.2) is 11.2 Å². The van der Waals surface area contributed by atoms with Gasteiger partial charge in [0.25, 0.3) is 0 Å². The summed E-state index contributed by atoms with van der Waals surface area (Å²) in [5.74, 6) is 1.17. The van der Waals surface area contributed by atoms with Crippen molar-refractivity contribution < 1.29 is 5.11 Å². The second-order valence-corrected chi connectivity index (χ2v) is 4.66. The molecule has 1 aromatic rings. The first kappa shape index (κ1) is 10.7. The Morgan fingerprint density at radius 3 is 2.60 bits per heavy atom. The molecule has 1 saturated carbocycles. The van der Waals surface area contributed by atoms with Gasteiger partial charge in [-0.25, -0.2) is 0 Å². The van der Waals surface area contributed by atoms with E-state index in [4.69, 9.17) is 0 Å². The van der Waals surface area contributed by atoms with Crippen LogP contribution < -0.4 is 0 Å². The molecule has 0 bridgehead atoms. The smallest absolute Gasteiger partial charge is 0.0568 e. The topological polar surface area (TPSA) is 20.2 Å². The van der Waals surface area contributed by atoms with Crippen LogP contribution >= 0.6 is 0 Å². The third kappa shape index (κ3) is 2.40. The Balaban J connectivity index is 2.06. The normalized spacial score (nSPS) is 31.5. The van der Waals surface area contributed by atoms with Crippen molar-refractivity contribution in [3.8, 4) is 0 Å². The van der Waals surface area contributed by atoms with Gasteiger partial charge in [-0.3, -0.25) is 0 Å². The average molecular weight is 204 g/mol. The molecule has 15 heavy (non-hydrogen) atoms. The summed E-state index contributed by atoms with van der Waals surface area (Å²) in [4.78, 5) is 0. The van der Waals surface area contributed by atoms with Crippen LogP contribution in [0.5, 0.6) is 0 Å². The average Bonchev–Trinajstić information content (AvgIpc) is 2.31. The number of hydrogen-bond acceptors (Lipinski definition) is 1. The van der Waals surface area contributed by atoms with Crippen molar-refractivity contribution in [2.45, 2.75) is 44.6 Å². The highest BCUT2D eigenvalue weighted by Crippen LogP contribution is 2.37. The van der Waals surface area contributed by atoms with Crippen molar-refractivity contribution in [2.75, 3.05) is 0 Å². The van der Waals surface area contributed by atoms with Crippen molar-refractivity contribution in [1.82, 2.24) is 0 Å². The van der Waals surface area contributed by atoms with Gasteiger partial charge in [0.15, 0.2) is 0 Å².